The van der Waals surface area contributed by atoms with Gasteiger partial charge in [0.05, 0.1) is 0 Å². The number of hydrogen-bond acceptors (Lipinski definition) is 5. The Labute approximate surface area is 124 Å². The van der Waals surface area contributed by atoms with Crippen LogP contribution in [0.3, 0.4) is 0 Å². The Bertz CT molecular complexity index is 531. The van der Waals surface area contributed by atoms with E-state index in [-0.39, 0.29) is 0 Å². The maximum atomic E-state index is 6.09. The summed E-state index contributed by atoms with van der Waals surface area (Å²) in [5.74, 6) is 0.971. The van der Waals surface area contributed by atoms with Gasteiger partial charge in [-0.1, -0.05) is 48.0 Å². The monoisotopic (exact) mass is 319 g/mol. The molecule has 96 valence electrons. The van der Waals surface area contributed by atoms with E-state index in [1.165, 1.54) is 11.5 Å². The Balaban J connectivity index is 1.97. The van der Waals surface area contributed by atoms with E-state index in [9.17, 15) is 0 Å². The Kier molecular flexibility index (Phi) is 5.12. The molecular weight excluding hydrogens is 309 g/mol. The molecule has 0 aliphatic carbocycles. The smallest absolute Gasteiger partial charge is 0.203 e. The normalized spacial score (nSPS) is 10.6. The van der Waals surface area contributed by atoms with Crippen molar-refractivity contribution in [3.63, 3.8) is 0 Å². The van der Waals surface area contributed by atoms with Crippen LogP contribution in [0.2, 0.25) is 10.0 Å². The first kappa shape index (κ1) is 13.9. The van der Waals surface area contributed by atoms with Gasteiger partial charge >= 0.3 is 0 Å². The first-order valence-electron chi connectivity index (χ1n) is 5.33. The maximum absolute atomic E-state index is 6.09. The fourth-order valence-corrected chi connectivity index (χ4v) is 3.04. The van der Waals surface area contributed by atoms with Crippen molar-refractivity contribution in [1.82, 2.24) is 9.36 Å². The molecule has 1 aromatic heterocycles. The fourth-order valence-electron chi connectivity index (χ4n) is 1.31. The van der Waals surface area contributed by atoms with E-state index < -0.39 is 0 Å². The summed E-state index contributed by atoms with van der Waals surface area (Å²) in [7, 11) is 0. The SMILES string of the molecule is CCSc1nsc(NCc2ccc(Cl)cc2Cl)n1. The minimum atomic E-state index is 0.613. The van der Waals surface area contributed by atoms with E-state index in [2.05, 4.69) is 21.6 Å². The summed E-state index contributed by atoms with van der Waals surface area (Å²) in [6, 6.07) is 5.46. The van der Waals surface area contributed by atoms with Crippen molar-refractivity contribution >= 4 is 51.6 Å². The molecule has 0 atom stereocenters. The second kappa shape index (κ2) is 6.61. The zero-order valence-corrected chi connectivity index (χ0v) is 12.8. The lowest BCUT2D eigenvalue weighted by atomic mass is 10.2. The van der Waals surface area contributed by atoms with Crippen molar-refractivity contribution in [3.05, 3.63) is 33.8 Å². The van der Waals surface area contributed by atoms with Gasteiger partial charge in [-0.25, -0.2) is 0 Å². The average Bonchev–Trinajstić information content (AvgIpc) is 2.76. The van der Waals surface area contributed by atoms with Gasteiger partial charge in [-0.05, 0) is 23.4 Å². The van der Waals surface area contributed by atoms with Gasteiger partial charge in [0.25, 0.3) is 0 Å². The molecule has 0 aliphatic rings. The van der Waals surface area contributed by atoms with Crippen LogP contribution in [0.4, 0.5) is 5.13 Å². The number of rotatable bonds is 5. The number of halogens is 2. The van der Waals surface area contributed by atoms with Crippen molar-refractivity contribution in [2.75, 3.05) is 11.1 Å². The number of benzene rings is 1. The highest BCUT2D eigenvalue weighted by Crippen LogP contribution is 2.23. The summed E-state index contributed by atoms with van der Waals surface area (Å²) in [5.41, 5.74) is 0.987. The van der Waals surface area contributed by atoms with Gasteiger partial charge in [0, 0.05) is 28.1 Å². The molecule has 0 unspecified atom stereocenters. The van der Waals surface area contributed by atoms with E-state index in [0.29, 0.717) is 16.6 Å². The number of anilines is 1. The standard InChI is InChI=1S/C11H11Cl2N3S2/c1-2-17-11-15-10(18-16-11)14-6-7-3-4-8(12)5-9(7)13/h3-5H,2,6H2,1H3,(H,14,15,16). The lowest BCUT2D eigenvalue weighted by Crippen LogP contribution is -1.99. The molecule has 0 spiro atoms. The van der Waals surface area contributed by atoms with Crippen LogP contribution in [0, 0.1) is 0 Å². The fraction of sp³-hybridized carbons (Fsp3) is 0.273. The molecule has 18 heavy (non-hydrogen) atoms. The molecule has 0 saturated carbocycles. The summed E-state index contributed by atoms with van der Waals surface area (Å²) >= 11 is 14.9. The molecule has 0 fully saturated rings. The Morgan fingerprint density at radius 2 is 2.22 bits per heavy atom. The van der Waals surface area contributed by atoms with Gasteiger partial charge in [0.1, 0.15) is 0 Å². The minimum Gasteiger partial charge on any atom is -0.356 e. The molecule has 1 N–H and O–H groups in total. The molecule has 7 heteroatoms. The maximum Gasteiger partial charge on any atom is 0.203 e. The Hall–Kier alpha value is -0.490. The topological polar surface area (TPSA) is 37.8 Å². The van der Waals surface area contributed by atoms with E-state index in [1.807, 2.05) is 12.1 Å². The molecule has 1 aromatic carbocycles. The first-order valence-corrected chi connectivity index (χ1v) is 7.85. The van der Waals surface area contributed by atoms with E-state index >= 15 is 0 Å². The highest BCUT2D eigenvalue weighted by atomic mass is 35.5. The second-order valence-corrected chi connectivity index (χ2v) is 6.23. The third-order valence-corrected chi connectivity index (χ3v) is 4.23. The molecule has 0 radical (unpaired) electrons. The number of nitrogens with one attached hydrogen (secondary N) is 1. The zero-order chi connectivity index (χ0) is 13.0. The van der Waals surface area contributed by atoms with E-state index in [0.717, 1.165) is 21.6 Å². The van der Waals surface area contributed by atoms with Gasteiger partial charge in [0.2, 0.25) is 10.3 Å². The van der Waals surface area contributed by atoms with Gasteiger partial charge in [-0.3, -0.25) is 0 Å². The van der Waals surface area contributed by atoms with Crippen molar-refractivity contribution in [2.24, 2.45) is 0 Å². The van der Waals surface area contributed by atoms with Crippen LogP contribution in [0.25, 0.3) is 0 Å². The number of hydrogen-bond donors (Lipinski definition) is 1. The summed E-state index contributed by atoms with van der Waals surface area (Å²) in [5, 5.41) is 6.11. The van der Waals surface area contributed by atoms with Crippen LogP contribution in [0.15, 0.2) is 23.4 Å². The van der Waals surface area contributed by atoms with Crippen LogP contribution in [-0.2, 0) is 6.54 Å². The molecule has 0 saturated heterocycles. The lowest BCUT2D eigenvalue weighted by molar-refractivity contribution is 1.05. The van der Waals surface area contributed by atoms with Gasteiger partial charge in [-0.15, -0.1) is 0 Å². The molecule has 3 nitrogen and oxygen atoms in total. The Morgan fingerprint density at radius 1 is 1.39 bits per heavy atom. The van der Waals surface area contributed by atoms with Gasteiger partial charge < -0.3 is 5.32 Å². The molecule has 0 bridgehead atoms. The van der Waals surface area contributed by atoms with Crippen LogP contribution < -0.4 is 5.32 Å². The van der Waals surface area contributed by atoms with Crippen LogP contribution in [0.5, 0.6) is 0 Å². The zero-order valence-electron chi connectivity index (χ0n) is 9.61. The summed E-state index contributed by atoms with van der Waals surface area (Å²) in [6.07, 6.45) is 0. The quantitative estimate of drug-likeness (QED) is 0.819. The second-order valence-electron chi connectivity index (χ2n) is 3.40. The van der Waals surface area contributed by atoms with Crippen molar-refractivity contribution in [3.8, 4) is 0 Å². The van der Waals surface area contributed by atoms with Gasteiger partial charge in [0.15, 0.2) is 0 Å². The predicted octanol–water partition coefficient (Wildman–Crippen LogP) is 4.57. The van der Waals surface area contributed by atoms with E-state index in [1.54, 1.807) is 17.8 Å². The number of nitrogens with zero attached hydrogens (tertiary/aromatic N) is 2. The molecule has 0 aliphatic heterocycles. The Morgan fingerprint density at radius 3 is 2.94 bits per heavy atom. The molecular formula is C11H11Cl2N3S2. The van der Waals surface area contributed by atoms with Crippen LogP contribution in [0.1, 0.15) is 12.5 Å². The van der Waals surface area contributed by atoms with Crippen molar-refractivity contribution < 1.29 is 0 Å². The third-order valence-electron chi connectivity index (χ3n) is 2.13. The highest BCUT2D eigenvalue weighted by Gasteiger charge is 2.05. The highest BCUT2D eigenvalue weighted by molar-refractivity contribution is 7.99. The average molecular weight is 320 g/mol. The summed E-state index contributed by atoms with van der Waals surface area (Å²) in [6.45, 7) is 2.69. The number of aromatic nitrogens is 2. The van der Waals surface area contributed by atoms with Crippen LogP contribution in [-0.4, -0.2) is 15.1 Å². The predicted molar refractivity (Wildman–Crippen MR) is 80.1 cm³/mol. The largest absolute Gasteiger partial charge is 0.356 e. The number of thioether (sulfide) groups is 1. The van der Waals surface area contributed by atoms with Crippen molar-refractivity contribution in [1.29, 1.82) is 0 Å². The molecule has 1 heterocycles. The van der Waals surface area contributed by atoms with E-state index in [4.69, 9.17) is 23.2 Å². The van der Waals surface area contributed by atoms with Crippen molar-refractivity contribution in [2.45, 2.75) is 18.6 Å². The molecule has 2 aromatic rings. The minimum absolute atomic E-state index is 0.613. The lowest BCUT2D eigenvalue weighted by Gasteiger charge is -2.05. The summed E-state index contributed by atoms with van der Waals surface area (Å²) < 4.78 is 4.23. The van der Waals surface area contributed by atoms with Crippen LogP contribution >= 0.6 is 46.5 Å². The summed E-state index contributed by atoms with van der Waals surface area (Å²) in [4.78, 5) is 4.35. The third kappa shape index (κ3) is 3.75. The molecule has 0 amide bonds. The molecule has 2 rings (SSSR count). The first-order chi connectivity index (χ1) is 8.69. The van der Waals surface area contributed by atoms with Gasteiger partial charge in [-0.2, -0.15) is 9.36 Å².